The van der Waals surface area contributed by atoms with Gasteiger partial charge in [0, 0.05) is 12.2 Å². The van der Waals surface area contributed by atoms with Crippen molar-refractivity contribution < 1.29 is 14.3 Å². The molecule has 0 unspecified atom stereocenters. The quantitative estimate of drug-likeness (QED) is 0.849. The van der Waals surface area contributed by atoms with Gasteiger partial charge in [-0.2, -0.15) is 0 Å². The van der Waals surface area contributed by atoms with Crippen LogP contribution in [0.5, 0.6) is 11.5 Å². The van der Waals surface area contributed by atoms with Gasteiger partial charge in [-0.25, -0.2) is 0 Å². The van der Waals surface area contributed by atoms with E-state index in [4.69, 9.17) is 9.47 Å². The molecule has 2 aromatic rings. The number of amides is 1. The zero-order valence-electron chi connectivity index (χ0n) is 12.7. The highest BCUT2D eigenvalue weighted by atomic mass is 32.1. The highest BCUT2D eigenvalue weighted by molar-refractivity contribution is 7.11. The molecule has 0 spiro atoms. The lowest BCUT2D eigenvalue weighted by molar-refractivity contribution is 0.0957. The second-order valence-electron chi connectivity index (χ2n) is 4.66. The maximum absolute atomic E-state index is 12.0. The van der Waals surface area contributed by atoms with Crippen LogP contribution in [0.3, 0.4) is 0 Å². The topological polar surface area (TPSA) is 80.4 Å². The fourth-order valence-corrected chi connectivity index (χ4v) is 2.82. The van der Waals surface area contributed by atoms with Crippen LogP contribution < -0.4 is 19.7 Å². The lowest BCUT2D eigenvalue weighted by atomic mass is 10.1. The Morgan fingerprint density at radius 3 is 2.59 bits per heavy atom. The number of hydrogen-bond donors (Lipinski definition) is 2. The van der Waals surface area contributed by atoms with Crippen molar-refractivity contribution in [3.63, 3.8) is 0 Å². The van der Waals surface area contributed by atoms with Crippen molar-refractivity contribution in [2.24, 2.45) is 0 Å². The highest BCUT2D eigenvalue weighted by Crippen LogP contribution is 2.27. The number of nitrogens with one attached hydrogen (secondary N) is 2. The molecule has 118 valence electrons. The molecule has 2 N–H and O–H groups in total. The van der Waals surface area contributed by atoms with Crippen LogP contribution in [0.2, 0.25) is 0 Å². The Bertz CT molecular complexity index is 721. The maximum atomic E-state index is 12.0. The molecule has 0 aliphatic carbocycles. The third kappa shape index (κ3) is 3.67. The number of thiazole rings is 1. The van der Waals surface area contributed by atoms with E-state index in [1.807, 2.05) is 18.2 Å². The minimum absolute atomic E-state index is 0.220. The van der Waals surface area contributed by atoms with Crippen molar-refractivity contribution in [2.75, 3.05) is 20.8 Å². The summed E-state index contributed by atoms with van der Waals surface area (Å²) in [5.41, 5.74) is 1.62. The number of aromatic nitrogens is 1. The van der Waals surface area contributed by atoms with Crippen LogP contribution in [0.15, 0.2) is 23.0 Å². The van der Waals surface area contributed by atoms with Gasteiger partial charge in [-0.05, 0) is 31.0 Å². The average Bonchev–Trinajstić information content (AvgIpc) is 2.85. The number of benzene rings is 1. The number of ether oxygens (including phenoxy) is 2. The van der Waals surface area contributed by atoms with E-state index in [-0.39, 0.29) is 10.8 Å². The van der Waals surface area contributed by atoms with E-state index >= 15 is 0 Å². The van der Waals surface area contributed by atoms with E-state index in [1.165, 1.54) is 0 Å². The molecule has 0 aliphatic rings. The number of H-pyrrole nitrogens is 1. The standard InChI is InChI=1S/C15H18N2O4S/c1-9-13(22-15(19)17-9)14(18)16-7-6-10-4-5-11(20-2)12(8-10)21-3/h4-5,8H,6-7H2,1-3H3,(H,16,18)(H,17,19). The van der Waals surface area contributed by atoms with Gasteiger partial charge in [0.2, 0.25) is 0 Å². The van der Waals surface area contributed by atoms with E-state index < -0.39 is 0 Å². The molecule has 2 rings (SSSR count). The molecular weight excluding hydrogens is 304 g/mol. The summed E-state index contributed by atoms with van der Waals surface area (Å²) in [6, 6.07) is 5.64. The number of methoxy groups -OCH3 is 2. The zero-order chi connectivity index (χ0) is 16.1. The summed E-state index contributed by atoms with van der Waals surface area (Å²) in [7, 11) is 3.17. The van der Waals surface area contributed by atoms with Gasteiger partial charge in [-0.1, -0.05) is 17.4 Å². The molecule has 0 bridgehead atoms. The fraction of sp³-hybridized carbons (Fsp3) is 0.333. The summed E-state index contributed by atoms with van der Waals surface area (Å²) < 4.78 is 10.4. The van der Waals surface area contributed by atoms with Crippen LogP contribution in [0.4, 0.5) is 0 Å². The Kier molecular flexibility index (Phi) is 5.21. The number of rotatable bonds is 6. The molecule has 1 heterocycles. The predicted octanol–water partition coefficient (Wildman–Crippen LogP) is 1.73. The van der Waals surface area contributed by atoms with E-state index in [9.17, 15) is 9.59 Å². The maximum Gasteiger partial charge on any atom is 0.305 e. The summed E-state index contributed by atoms with van der Waals surface area (Å²) in [6.45, 7) is 2.18. The fourth-order valence-electron chi connectivity index (χ4n) is 2.06. The van der Waals surface area contributed by atoms with Crippen LogP contribution in [0.25, 0.3) is 0 Å². The minimum Gasteiger partial charge on any atom is -0.493 e. The molecule has 1 aromatic carbocycles. The van der Waals surface area contributed by atoms with Gasteiger partial charge in [-0.3, -0.25) is 9.59 Å². The lowest BCUT2D eigenvalue weighted by Crippen LogP contribution is -2.25. The summed E-state index contributed by atoms with van der Waals surface area (Å²) in [5.74, 6) is 1.09. The first-order valence-corrected chi connectivity index (χ1v) is 7.55. The van der Waals surface area contributed by atoms with Gasteiger partial charge in [-0.15, -0.1) is 0 Å². The first kappa shape index (κ1) is 16.1. The van der Waals surface area contributed by atoms with E-state index in [0.29, 0.717) is 35.0 Å². The third-order valence-corrected chi connectivity index (χ3v) is 4.16. The van der Waals surface area contributed by atoms with E-state index in [2.05, 4.69) is 10.3 Å². The van der Waals surface area contributed by atoms with Crippen molar-refractivity contribution in [2.45, 2.75) is 13.3 Å². The van der Waals surface area contributed by atoms with Crippen LogP contribution in [0.1, 0.15) is 20.9 Å². The molecule has 22 heavy (non-hydrogen) atoms. The number of carbonyl (C=O) groups is 1. The molecule has 1 amide bonds. The number of aryl methyl sites for hydroxylation is 1. The Hall–Kier alpha value is -2.28. The van der Waals surface area contributed by atoms with Crippen LogP contribution >= 0.6 is 11.3 Å². The molecule has 0 atom stereocenters. The normalized spacial score (nSPS) is 10.3. The number of hydrogen-bond acceptors (Lipinski definition) is 5. The molecule has 6 nitrogen and oxygen atoms in total. The van der Waals surface area contributed by atoms with Crippen molar-refractivity contribution >= 4 is 17.2 Å². The highest BCUT2D eigenvalue weighted by Gasteiger charge is 2.12. The van der Waals surface area contributed by atoms with Crippen LogP contribution in [-0.2, 0) is 6.42 Å². The second kappa shape index (κ2) is 7.13. The van der Waals surface area contributed by atoms with Crippen molar-refractivity contribution in [1.82, 2.24) is 10.3 Å². The van der Waals surface area contributed by atoms with Crippen molar-refractivity contribution in [3.05, 3.63) is 44.0 Å². The number of aromatic amines is 1. The largest absolute Gasteiger partial charge is 0.493 e. The van der Waals surface area contributed by atoms with Gasteiger partial charge in [0.15, 0.2) is 11.5 Å². The Labute approximate surface area is 132 Å². The molecule has 0 saturated heterocycles. The molecule has 0 saturated carbocycles. The predicted molar refractivity (Wildman–Crippen MR) is 85.3 cm³/mol. The Balaban J connectivity index is 1.95. The van der Waals surface area contributed by atoms with Gasteiger partial charge >= 0.3 is 4.87 Å². The van der Waals surface area contributed by atoms with Gasteiger partial charge < -0.3 is 19.8 Å². The zero-order valence-corrected chi connectivity index (χ0v) is 13.5. The SMILES string of the molecule is COc1ccc(CCNC(=O)c2sc(=O)[nH]c2C)cc1OC. The Morgan fingerprint density at radius 2 is 2.00 bits per heavy atom. The molecule has 0 radical (unpaired) electrons. The first-order chi connectivity index (χ1) is 10.5. The monoisotopic (exact) mass is 322 g/mol. The second-order valence-corrected chi connectivity index (χ2v) is 5.65. The van der Waals surface area contributed by atoms with Crippen molar-refractivity contribution in [3.8, 4) is 11.5 Å². The van der Waals surface area contributed by atoms with Gasteiger partial charge in [0.25, 0.3) is 5.91 Å². The van der Waals surface area contributed by atoms with E-state index in [1.54, 1.807) is 21.1 Å². The smallest absolute Gasteiger partial charge is 0.305 e. The van der Waals surface area contributed by atoms with Crippen LogP contribution in [-0.4, -0.2) is 31.7 Å². The van der Waals surface area contributed by atoms with Gasteiger partial charge in [0.1, 0.15) is 4.88 Å². The summed E-state index contributed by atoms with van der Waals surface area (Å²) >= 11 is 0.920. The first-order valence-electron chi connectivity index (χ1n) is 6.74. The number of carbonyl (C=O) groups excluding carboxylic acids is 1. The van der Waals surface area contributed by atoms with Crippen LogP contribution in [0, 0.1) is 6.92 Å². The third-order valence-electron chi connectivity index (χ3n) is 3.18. The molecular formula is C15H18N2O4S. The lowest BCUT2D eigenvalue weighted by Gasteiger charge is -2.10. The molecule has 0 fully saturated rings. The summed E-state index contributed by atoms with van der Waals surface area (Å²) in [5, 5.41) is 2.81. The summed E-state index contributed by atoms with van der Waals surface area (Å²) in [4.78, 5) is 26.0. The minimum atomic E-state index is -0.235. The van der Waals surface area contributed by atoms with E-state index in [0.717, 1.165) is 16.9 Å². The molecule has 0 aliphatic heterocycles. The average molecular weight is 322 g/mol. The van der Waals surface area contributed by atoms with Gasteiger partial charge in [0.05, 0.1) is 14.2 Å². The molecule has 1 aromatic heterocycles. The van der Waals surface area contributed by atoms with Crippen molar-refractivity contribution in [1.29, 1.82) is 0 Å². The summed E-state index contributed by atoms with van der Waals surface area (Å²) in [6.07, 6.45) is 0.657. The molecule has 7 heteroatoms. The Morgan fingerprint density at radius 1 is 1.27 bits per heavy atom.